The summed E-state index contributed by atoms with van der Waals surface area (Å²) >= 11 is 0. The van der Waals surface area contributed by atoms with E-state index in [2.05, 4.69) is 0 Å². The van der Waals surface area contributed by atoms with E-state index in [0.29, 0.717) is 17.4 Å². The van der Waals surface area contributed by atoms with Gasteiger partial charge >= 0.3 is 5.97 Å². The lowest BCUT2D eigenvalue weighted by Gasteiger charge is -2.28. The zero-order valence-corrected chi connectivity index (χ0v) is 13.7. The number of carboxylic acids is 1. The molecule has 0 bridgehead atoms. The molecule has 0 fully saturated rings. The Kier molecular flexibility index (Phi) is 3.71. The average molecular weight is 339 g/mol. The first-order valence-corrected chi connectivity index (χ1v) is 9.35. The van der Waals surface area contributed by atoms with Crippen LogP contribution >= 0.6 is 0 Å². The van der Waals surface area contributed by atoms with Gasteiger partial charge in [-0.1, -0.05) is 6.92 Å². The largest absolute Gasteiger partial charge is 0.481 e. The van der Waals surface area contributed by atoms with Crippen LogP contribution in [0.25, 0.3) is 10.9 Å². The van der Waals surface area contributed by atoms with Gasteiger partial charge in [-0.25, -0.2) is 12.8 Å². The topological polar surface area (TPSA) is 76.4 Å². The molecule has 2 atom stereocenters. The number of aliphatic carboxylic acids is 1. The Balaban J connectivity index is 2.30. The number of carboxylic acid groups (broad SMARTS) is 1. The molecule has 3 rings (SSSR count). The van der Waals surface area contributed by atoms with Crippen molar-refractivity contribution in [2.75, 3.05) is 6.26 Å². The van der Waals surface area contributed by atoms with Gasteiger partial charge in [0.05, 0.1) is 16.3 Å². The highest BCUT2D eigenvalue weighted by molar-refractivity contribution is 7.91. The maximum Gasteiger partial charge on any atom is 0.306 e. The van der Waals surface area contributed by atoms with Crippen LogP contribution in [0.4, 0.5) is 4.39 Å². The zero-order chi connectivity index (χ0) is 16.9. The van der Waals surface area contributed by atoms with Crippen molar-refractivity contribution in [2.24, 2.45) is 5.92 Å². The third-order valence-electron chi connectivity index (χ3n) is 4.65. The molecular weight excluding hydrogens is 321 g/mol. The van der Waals surface area contributed by atoms with Gasteiger partial charge in [0.1, 0.15) is 5.82 Å². The fourth-order valence-electron chi connectivity index (χ4n) is 3.47. The molecule has 7 heteroatoms. The van der Waals surface area contributed by atoms with Crippen molar-refractivity contribution >= 4 is 26.7 Å². The van der Waals surface area contributed by atoms with Crippen LogP contribution in [0.1, 0.15) is 31.4 Å². The molecule has 0 aliphatic carbocycles. The van der Waals surface area contributed by atoms with E-state index in [9.17, 15) is 22.7 Å². The smallest absolute Gasteiger partial charge is 0.306 e. The molecule has 2 aromatic rings. The van der Waals surface area contributed by atoms with Gasteiger partial charge in [0.15, 0.2) is 9.84 Å². The molecule has 2 heterocycles. The van der Waals surface area contributed by atoms with Gasteiger partial charge in [0.25, 0.3) is 0 Å². The minimum absolute atomic E-state index is 0.0453. The lowest BCUT2D eigenvalue weighted by atomic mass is 9.85. The fourth-order valence-corrected chi connectivity index (χ4v) is 4.36. The number of halogens is 1. The second-order valence-corrected chi connectivity index (χ2v) is 8.19. The standard InChI is InChI=1S/C16H18FNO4S/c1-9(16(19)20)11-4-3-5-18-13-6-10(17)7-15(23(2,21)22)12(13)8-14(11)18/h6-9,11H,3-5H2,1-2H3,(H,19,20). The minimum Gasteiger partial charge on any atom is -0.481 e. The van der Waals surface area contributed by atoms with Crippen molar-refractivity contribution < 1.29 is 22.7 Å². The van der Waals surface area contributed by atoms with Crippen LogP contribution in [0.3, 0.4) is 0 Å². The van der Waals surface area contributed by atoms with Crippen LogP contribution in [0.2, 0.25) is 0 Å². The summed E-state index contributed by atoms with van der Waals surface area (Å²) in [6, 6.07) is 4.06. The van der Waals surface area contributed by atoms with E-state index in [1.807, 2.05) is 4.57 Å². The first-order valence-electron chi connectivity index (χ1n) is 7.45. The van der Waals surface area contributed by atoms with Crippen LogP contribution in [0, 0.1) is 11.7 Å². The van der Waals surface area contributed by atoms with Crippen molar-refractivity contribution in [1.29, 1.82) is 0 Å². The summed E-state index contributed by atoms with van der Waals surface area (Å²) in [5.41, 5.74) is 1.29. The number of aryl methyl sites for hydroxylation is 1. The summed E-state index contributed by atoms with van der Waals surface area (Å²) in [7, 11) is -3.58. The average Bonchev–Trinajstić information content (AvgIpc) is 2.83. The van der Waals surface area contributed by atoms with Gasteiger partial charge in [0, 0.05) is 29.8 Å². The summed E-state index contributed by atoms with van der Waals surface area (Å²) in [5, 5.41) is 9.76. The molecule has 0 saturated heterocycles. The Morgan fingerprint density at radius 1 is 1.39 bits per heavy atom. The molecule has 124 valence electrons. The summed E-state index contributed by atoms with van der Waals surface area (Å²) in [6.45, 7) is 2.28. The number of fused-ring (bicyclic) bond motifs is 3. The Morgan fingerprint density at radius 2 is 2.09 bits per heavy atom. The summed E-state index contributed by atoms with van der Waals surface area (Å²) < 4.78 is 39.7. The molecule has 23 heavy (non-hydrogen) atoms. The van der Waals surface area contributed by atoms with Crippen LogP contribution in [0.5, 0.6) is 0 Å². The molecule has 0 spiro atoms. The highest BCUT2D eigenvalue weighted by atomic mass is 32.2. The van der Waals surface area contributed by atoms with Crippen molar-refractivity contribution in [3.05, 3.63) is 29.7 Å². The second-order valence-electron chi connectivity index (χ2n) is 6.21. The fraction of sp³-hybridized carbons (Fsp3) is 0.438. The zero-order valence-electron chi connectivity index (χ0n) is 12.9. The van der Waals surface area contributed by atoms with E-state index in [0.717, 1.165) is 30.9 Å². The van der Waals surface area contributed by atoms with E-state index in [1.54, 1.807) is 13.0 Å². The predicted molar refractivity (Wildman–Crippen MR) is 83.8 cm³/mol. The molecule has 0 amide bonds. The second kappa shape index (κ2) is 5.33. The normalized spacial score (nSPS) is 19.5. The lowest BCUT2D eigenvalue weighted by Crippen LogP contribution is -2.25. The quantitative estimate of drug-likeness (QED) is 0.933. The van der Waals surface area contributed by atoms with Crippen LogP contribution in [-0.2, 0) is 21.2 Å². The highest BCUT2D eigenvalue weighted by Crippen LogP contribution is 2.39. The van der Waals surface area contributed by atoms with Gasteiger partial charge in [-0.3, -0.25) is 4.79 Å². The van der Waals surface area contributed by atoms with Crippen molar-refractivity contribution in [2.45, 2.75) is 37.1 Å². The third kappa shape index (κ3) is 2.63. The van der Waals surface area contributed by atoms with Crippen molar-refractivity contribution in [3.63, 3.8) is 0 Å². The Labute approximate surface area is 133 Å². The lowest BCUT2D eigenvalue weighted by molar-refractivity contribution is -0.142. The van der Waals surface area contributed by atoms with E-state index >= 15 is 0 Å². The van der Waals surface area contributed by atoms with Crippen LogP contribution < -0.4 is 0 Å². The molecular formula is C16H18FNO4S. The molecule has 1 aliphatic rings. The number of rotatable bonds is 3. The number of sulfone groups is 1. The van der Waals surface area contributed by atoms with Crippen molar-refractivity contribution in [3.8, 4) is 0 Å². The van der Waals surface area contributed by atoms with Gasteiger partial charge in [0.2, 0.25) is 0 Å². The minimum atomic E-state index is -3.58. The number of benzene rings is 1. The molecule has 1 N–H and O–H groups in total. The first-order chi connectivity index (χ1) is 10.7. The van der Waals surface area contributed by atoms with Crippen LogP contribution in [-0.4, -0.2) is 30.3 Å². The van der Waals surface area contributed by atoms with Crippen molar-refractivity contribution in [1.82, 2.24) is 4.57 Å². The van der Waals surface area contributed by atoms with Gasteiger partial charge in [-0.15, -0.1) is 0 Å². The third-order valence-corrected chi connectivity index (χ3v) is 5.79. The Bertz CT molecular complexity index is 900. The van der Waals surface area contributed by atoms with Gasteiger partial charge in [-0.2, -0.15) is 0 Å². The molecule has 1 aliphatic heterocycles. The van der Waals surface area contributed by atoms with E-state index in [-0.39, 0.29) is 10.8 Å². The number of hydrogen-bond donors (Lipinski definition) is 1. The maximum absolute atomic E-state index is 13.9. The van der Waals surface area contributed by atoms with Gasteiger partial charge in [-0.05, 0) is 31.0 Å². The van der Waals surface area contributed by atoms with E-state index < -0.39 is 27.5 Å². The maximum atomic E-state index is 13.9. The molecule has 0 saturated carbocycles. The predicted octanol–water partition coefficient (Wildman–Crippen LogP) is 2.78. The number of nitrogens with zero attached hydrogens (tertiary/aromatic N) is 1. The number of aromatic nitrogens is 1. The Morgan fingerprint density at radius 3 is 2.70 bits per heavy atom. The number of hydrogen-bond acceptors (Lipinski definition) is 3. The van der Waals surface area contributed by atoms with Crippen LogP contribution in [0.15, 0.2) is 23.1 Å². The van der Waals surface area contributed by atoms with E-state index in [4.69, 9.17) is 0 Å². The summed E-state index contributed by atoms with van der Waals surface area (Å²) in [4.78, 5) is 11.3. The molecule has 1 aromatic carbocycles. The molecule has 0 radical (unpaired) electrons. The molecule has 2 unspecified atom stereocenters. The first kappa shape index (κ1) is 16.0. The SMILES string of the molecule is CC(C(=O)O)C1CCCn2c1cc1c(S(C)(=O)=O)cc(F)cc12. The highest BCUT2D eigenvalue weighted by Gasteiger charge is 2.32. The van der Waals surface area contributed by atoms with E-state index in [1.165, 1.54) is 6.07 Å². The monoisotopic (exact) mass is 339 g/mol. The molecule has 5 nitrogen and oxygen atoms in total. The summed E-state index contributed by atoms with van der Waals surface area (Å²) in [5.74, 6) is -2.27. The van der Waals surface area contributed by atoms with Gasteiger partial charge < -0.3 is 9.67 Å². The Hall–Kier alpha value is -1.89. The molecule has 1 aromatic heterocycles. The summed E-state index contributed by atoms with van der Waals surface area (Å²) in [6.07, 6.45) is 2.56. The number of carbonyl (C=O) groups is 1.